The molecule has 80 valence electrons. The summed E-state index contributed by atoms with van der Waals surface area (Å²) in [5, 5.41) is 7.35. The first-order valence-corrected chi connectivity index (χ1v) is 4.92. The highest BCUT2D eigenvalue weighted by atomic mass is 16.1. The second-order valence-electron chi connectivity index (χ2n) is 3.53. The van der Waals surface area contributed by atoms with Crippen molar-refractivity contribution in [1.29, 1.82) is 0 Å². The van der Waals surface area contributed by atoms with Crippen LogP contribution in [0.5, 0.6) is 0 Å². The molecule has 1 aliphatic heterocycles. The molecule has 16 heavy (non-hydrogen) atoms. The largest absolute Gasteiger partial charge is 0.294 e. The Kier molecular flexibility index (Phi) is 2.72. The number of carbonyl (C=O) groups is 2. The molecule has 1 aromatic carbocycles. The van der Waals surface area contributed by atoms with Gasteiger partial charge in [-0.2, -0.15) is 10.2 Å². The molecule has 4 nitrogen and oxygen atoms in total. The number of carbonyl (C=O) groups excluding carboxylic acids is 2. The molecule has 0 amide bonds. The van der Waals surface area contributed by atoms with E-state index in [9.17, 15) is 9.59 Å². The zero-order valence-electron chi connectivity index (χ0n) is 8.80. The lowest BCUT2D eigenvalue weighted by Gasteiger charge is -1.99. The van der Waals surface area contributed by atoms with Gasteiger partial charge in [-0.25, -0.2) is 0 Å². The van der Waals surface area contributed by atoms with Crippen LogP contribution < -0.4 is 0 Å². The van der Waals surface area contributed by atoms with Crippen LogP contribution in [0.1, 0.15) is 23.7 Å². The number of hydrogen-bond donors (Lipinski definition) is 0. The summed E-state index contributed by atoms with van der Waals surface area (Å²) < 4.78 is 0. The molecule has 0 spiro atoms. The van der Waals surface area contributed by atoms with Crippen molar-refractivity contribution in [2.45, 2.75) is 13.3 Å². The molecule has 1 aliphatic rings. The van der Waals surface area contributed by atoms with E-state index in [0.717, 1.165) is 0 Å². The summed E-state index contributed by atoms with van der Waals surface area (Å²) in [7, 11) is 0. The second-order valence-corrected chi connectivity index (χ2v) is 3.53. The average Bonchev–Trinajstić information content (AvgIpc) is 2.62. The monoisotopic (exact) mass is 214 g/mol. The van der Waals surface area contributed by atoms with Gasteiger partial charge >= 0.3 is 0 Å². The number of Topliss-reactive ketones (excluding diaryl/α,β-unsaturated/α-hetero) is 2. The van der Waals surface area contributed by atoms with Crippen molar-refractivity contribution in [3.8, 4) is 0 Å². The Bertz CT molecular complexity index is 501. The van der Waals surface area contributed by atoms with Crippen molar-refractivity contribution in [3.63, 3.8) is 0 Å². The molecule has 0 aliphatic carbocycles. The lowest BCUT2D eigenvalue weighted by Crippen LogP contribution is -2.20. The average molecular weight is 214 g/mol. The number of benzene rings is 1. The van der Waals surface area contributed by atoms with Gasteiger partial charge in [0, 0.05) is 5.56 Å². The molecule has 0 atom stereocenters. The summed E-state index contributed by atoms with van der Waals surface area (Å²) in [6, 6.07) is 8.84. The summed E-state index contributed by atoms with van der Waals surface area (Å²) in [5.74, 6) is -0.345. The van der Waals surface area contributed by atoms with Gasteiger partial charge in [-0.3, -0.25) is 9.59 Å². The van der Waals surface area contributed by atoms with Gasteiger partial charge in [-0.15, -0.1) is 0 Å². The minimum absolute atomic E-state index is 0.0175. The van der Waals surface area contributed by atoms with E-state index in [1.54, 1.807) is 31.2 Å². The Morgan fingerprint density at radius 3 is 2.44 bits per heavy atom. The quantitative estimate of drug-likeness (QED) is 0.718. The standard InChI is InChI=1S/C12H10N2O2/c1-8-12(16)10(14-13-8)7-11(15)9-5-3-2-4-6-9/h2-6H,7H2,1H3. The Morgan fingerprint density at radius 2 is 1.88 bits per heavy atom. The van der Waals surface area contributed by atoms with E-state index >= 15 is 0 Å². The fraction of sp³-hybridized carbons (Fsp3) is 0.167. The molecule has 0 saturated carbocycles. The lowest BCUT2D eigenvalue weighted by atomic mass is 10.0. The number of nitrogens with zero attached hydrogens (tertiary/aromatic N) is 2. The molecule has 1 heterocycles. The highest BCUT2D eigenvalue weighted by molar-refractivity contribution is 6.68. The number of hydrogen-bond acceptors (Lipinski definition) is 4. The molecular formula is C12H10N2O2. The topological polar surface area (TPSA) is 58.9 Å². The predicted molar refractivity (Wildman–Crippen MR) is 60.9 cm³/mol. The molecule has 2 rings (SSSR count). The van der Waals surface area contributed by atoms with Gasteiger partial charge in [0.05, 0.1) is 6.42 Å². The maximum Gasteiger partial charge on any atom is 0.225 e. The molecule has 0 N–H and O–H groups in total. The van der Waals surface area contributed by atoms with E-state index < -0.39 is 0 Å². The van der Waals surface area contributed by atoms with Crippen LogP contribution in [0, 0.1) is 0 Å². The third kappa shape index (κ3) is 1.95. The highest BCUT2D eigenvalue weighted by Gasteiger charge is 2.23. The van der Waals surface area contributed by atoms with E-state index in [2.05, 4.69) is 10.2 Å². The van der Waals surface area contributed by atoms with Crippen LogP contribution in [0.2, 0.25) is 0 Å². The van der Waals surface area contributed by atoms with Crippen molar-refractivity contribution >= 4 is 23.0 Å². The maximum absolute atomic E-state index is 11.8. The summed E-state index contributed by atoms with van der Waals surface area (Å²) in [4.78, 5) is 23.2. The van der Waals surface area contributed by atoms with E-state index in [1.807, 2.05) is 6.07 Å². The van der Waals surface area contributed by atoms with Crippen LogP contribution >= 0.6 is 0 Å². The fourth-order valence-corrected chi connectivity index (χ4v) is 1.43. The van der Waals surface area contributed by atoms with E-state index in [0.29, 0.717) is 11.3 Å². The van der Waals surface area contributed by atoms with E-state index in [1.165, 1.54) is 0 Å². The normalized spacial score (nSPS) is 14.7. The highest BCUT2D eigenvalue weighted by Crippen LogP contribution is 2.08. The molecule has 1 aromatic rings. The van der Waals surface area contributed by atoms with E-state index in [-0.39, 0.29) is 23.7 Å². The van der Waals surface area contributed by atoms with Crippen LogP contribution in [-0.4, -0.2) is 23.0 Å². The molecule has 0 bridgehead atoms. The fourth-order valence-electron chi connectivity index (χ4n) is 1.43. The Hall–Kier alpha value is -2.10. The summed E-state index contributed by atoms with van der Waals surface area (Å²) >= 11 is 0. The molecule has 4 heteroatoms. The minimum atomic E-state index is -0.232. The van der Waals surface area contributed by atoms with Crippen LogP contribution in [0.3, 0.4) is 0 Å². The molecule has 0 fully saturated rings. The Labute approximate surface area is 92.7 Å². The second kappa shape index (κ2) is 4.18. The van der Waals surface area contributed by atoms with Crippen molar-refractivity contribution < 1.29 is 9.59 Å². The third-order valence-corrected chi connectivity index (χ3v) is 2.34. The first-order chi connectivity index (χ1) is 7.68. The lowest BCUT2D eigenvalue weighted by molar-refractivity contribution is -0.107. The van der Waals surface area contributed by atoms with Gasteiger partial charge in [0.15, 0.2) is 5.78 Å². The smallest absolute Gasteiger partial charge is 0.225 e. The Balaban J connectivity index is 2.08. The summed E-state index contributed by atoms with van der Waals surface area (Å²) in [6.45, 7) is 1.59. The predicted octanol–water partition coefficient (Wildman–Crippen LogP) is 1.66. The van der Waals surface area contributed by atoms with E-state index in [4.69, 9.17) is 0 Å². The Morgan fingerprint density at radius 1 is 1.19 bits per heavy atom. The molecular weight excluding hydrogens is 204 g/mol. The minimum Gasteiger partial charge on any atom is -0.294 e. The van der Waals surface area contributed by atoms with Crippen LogP contribution in [-0.2, 0) is 4.79 Å². The number of ketones is 2. The van der Waals surface area contributed by atoms with Gasteiger partial charge < -0.3 is 0 Å². The van der Waals surface area contributed by atoms with Crippen molar-refractivity contribution in [3.05, 3.63) is 35.9 Å². The van der Waals surface area contributed by atoms with Gasteiger partial charge in [0.1, 0.15) is 11.4 Å². The third-order valence-electron chi connectivity index (χ3n) is 2.34. The van der Waals surface area contributed by atoms with Gasteiger partial charge in [0.2, 0.25) is 5.78 Å². The van der Waals surface area contributed by atoms with Gasteiger partial charge in [-0.05, 0) is 6.92 Å². The van der Waals surface area contributed by atoms with Crippen molar-refractivity contribution in [2.75, 3.05) is 0 Å². The first-order valence-electron chi connectivity index (χ1n) is 4.92. The van der Waals surface area contributed by atoms with Crippen molar-refractivity contribution in [2.24, 2.45) is 10.2 Å². The van der Waals surface area contributed by atoms with Crippen molar-refractivity contribution in [1.82, 2.24) is 0 Å². The first kappa shape index (κ1) is 10.4. The van der Waals surface area contributed by atoms with Gasteiger partial charge in [0.25, 0.3) is 0 Å². The van der Waals surface area contributed by atoms with Crippen LogP contribution in [0.4, 0.5) is 0 Å². The zero-order valence-corrected chi connectivity index (χ0v) is 8.80. The SMILES string of the molecule is CC1=NN=C(CC(=O)c2ccccc2)C1=O. The summed E-state index contributed by atoms with van der Waals surface area (Å²) in [6.07, 6.45) is 0.0175. The summed E-state index contributed by atoms with van der Waals surface area (Å²) in [5.41, 5.74) is 1.16. The zero-order chi connectivity index (χ0) is 11.5. The maximum atomic E-state index is 11.8. The molecule has 0 radical (unpaired) electrons. The number of rotatable bonds is 3. The molecule has 0 unspecified atom stereocenters. The molecule has 0 aromatic heterocycles. The van der Waals surface area contributed by atoms with Gasteiger partial charge in [-0.1, -0.05) is 30.3 Å². The van der Waals surface area contributed by atoms with Crippen LogP contribution in [0.15, 0.2) is 40.5 Å². The van der Waals surface area contributed by atoms with Crippen LogP contribution in [0.25, 0.3) is 0 Å². The molecule has 0 saturated heterocycles.